The van der Waals surface area contributed by atoms with Gasteiger partial charge in [0.2, 0.25) is 0 Å². The van der Waals surface area contributed by atoms with Gasteiger partial charge in [-0.05, 0) is 23.6 Å². The molecule has 2 unspecified atom stereocenters. The van der Waals surface area contributed by atoms with E-state index in [1.54, 1.807) is 29.8 Å². The van der Waals surface area contributed by atoms with Crippen molar-refractivity contribution in [3.8, 4) is 0 Å². The lowest BCUT2D eigenvalue weighted by Gasteiger charge is -2.28. The Morgan fingerprint density at radius 2 is 2.33 bits per heavy atom. The molecule has 2 aromatic rings. The molecule has 6 heteroatoms. The van der Waals surface area contributed by atoms with Gasteiger partial charge in [-0.3, -0.25) is 0 Å². The minimum absolute atomic E-state index is 0.162. The van der Waals surface area contributed by atoms with Crippen molar-refractivity contribution < 1.29 is 9.47 Å². The molecule has 1 fully saturated rings. The largest absolute Gasteiger partial charge is 0.378 e. The van der Waals surface area contributed by atoms with Crippen LogP contribution in [0.25, 0.3) is 0 Å². The average molecular weight is 344 g/mol. The summed E-state index contributed by atoms with van der Waals surface area (Å²) in [5.41, 5.74) is -0.212. The van der Waals surface area contributed by atoms with Crippen LogP contribution in [0.2, 0.25) is 4.34 Å². The maximum Gasteiger partial charge on any atom is 0.106 e. The van der Waals surface area contributed by atoms with Crippen LogP contribution >= 0.6 is 34.3 Å². The Kier molecular flexibility index (Phi) is 4.99. The molecule has 1 aliphatic rings. The van der Waals surface area contributed by atoms with Gasteiger partial charge in [0.05, 0.1) is 17.0 Å². The molecule has 2 atom stereocenters. The number of hydrogen-bond donors (Lipinski definition) is 1. The van der Waals surface area contributed by atoms with Crippen LogP contribution in [-0.2, 0) is 9.47 Å². The summed E-state index contributed by atoms with van der Waals surface area (Å²) in [6.45, 7) is 2.18. The molecule has 1 N–H and O–H groups in total. The molecule has 1 saturated heterocycles. The van der Waals surface area contributed by atoms with E-state index in [1.165, 1.54) is 9.75 Å². The van der Waals surface area contributed by atoms with Crippen molar-refractivity contribution in [2.75, 3.05) is 26.9 Å². The molecular weight excluding hydrogens is 326 g/mol. The molecular formula is C15H18ClNO2S2. The van der Waals surface area contributed by atoms with E-state index < -0.39 is 0 Å². The van der Waals surface area contributed by atoms with Crippen molar-refractivity contribution in [1.82, 2.24) is 5.32 Å². The van der Waals surface area contributed by atoms with E-state index in [1.807, 2.05) is 6.07 Å². The minimum Gasteiger partial charge on any atom is -0.378 e. The maximum absolute atomic E-state index is 6.10. The zero-order valence-corrected chi connectivity index (χ0v) is 14.2. The normalized spacial score (nSPS) is 23.5. The van der Waals surface area contributed by atoms with E-state index in [2.05, 4.69) is 28.9 Å². The fraction of sp³-hybridized carbons (Fsp3) is 0.467. The lowest BCUT2D eigenvalue weighted by Crippen LogP contribution is -2.44. The Balaban J connectivity index is 1.77. The van der Waals surface area contributed by atoms with Crippen LogP contribution in [0.3, 0.4) is 0 Å². The predicted molar refractivity (Wildman–Crippen MR) is 88.7 cm³/mol. The Labute approximate surface area is 137 Å². The topological polar surface area (TPSA) is 30.5 Å². The van der Waals surface area contributed by atoms with E-state index in [0.29, 0.717) is 6.61 Å². The lowest BCUT2D eigenvalue weighted by molar-refractivity contribution is -0.0167. The van der Waals surface area contributed by atoms with Gasteiger partial charge in [-0.2, -0.15) is 0 Å². The first kappa shape index (κ1) is 15.5. The fourth-order valence-corrected chi connectivity index (χ4v) is 4.58. The Morgan fingerprint density at radius 1 is 1.43 bits per heavy atom. The number of halogens is 1. The molecule has 3 nitrogen and oxygen atoms in total. The van der Waals surface area contributed by atoms with Gasteiger partial charge in [0.15, 0.2) is 0 Å². The van der Waals surface area contributed by atoms with Gasteiger partial charge in [-0.1, -0.05) is 17.7 Å². The van der Waals surface area contributed by atoms with E-state index in [9.17, 15) is 0 Å². The van der Waals surface area contributed by atoms with Crippen LogP contribution in [0.1, 0.15) is 22.2 Å². The molecule has 0 radical (unpaired) electrons. The first-order chi connectivity index (χ1) is 10.2. The van der Waals surface area contributed by atoms with Gasteiger partial charge >= 0.3 is 0 Å². The molecule has 0 spiro atoms. The predicted octanol–water partition coefficient (Wildman–Crippen LogP) is 3.95. The molecule has 0 bridgehead atoms. The average Bonchev–Trinajstić information content (AvgIpc) is 3.22. The summed E-state index contributed by atoms with van der Waals surface area (Å²) in [5.74, 6) is 0. The van der Waals surface area contributed by atoms with E-state index in [-0.39, 0.29) is 11.6 Å². The third-order valence-electron chi connectivity index (χ3n) is 3.83. The van der Waals surface area contributed by atoms with Crippen LogP contribution in [0.15, 0.2) is 29.6 Å². The number of hydrogen-bond acceptors (Lipinski definition) is 5. The quantitative estimate of drug-likeness (QED) is 0.861. The van der Waals surface area contributed by atoms with E-state index >= 15 is 0 Å². The molecule has 21 heavy (non-hydrogen) atoms. The summed E-state index contributed by atoms with van der Waals surface area (Å²) >= 11 is 9.47. The highest BCUT2D eigenvalue weighted by molar-refractivity contribution is 7.16. The minimum atomic E-state index is -0.212. The van der Waals surface area contributed by atoms with Gasteiger partial charge < -0.3 is 14.8 Å². The third-order valence-corrected chi connectivity index (χ3v) is 6.07. The zero-order chi connectivity index (χ0) is 14.7. The molecule has 0 amide bonds. The van der Waals surface area contributed by atoms with Gasteiger partial charge in [0.25, 0.3) is 0 Å². The second kappa shape index (κ2) is 6.77. The Morgan fingerprint density at radius 3 is 2.90 bits per heavy atom. The highest BCUT2D eigenvalue weighted by Gasteiger charge is 2.35. The Hall–Kier alpha value is -0.430. The Bertz CT molecular complexity index is 564. The summed E-state index contributed by atoms with van der Waals surface area (Å²) in [5, 5.41) is 5.74. The third kappa shape index (κ3) is 3.50. The van der Waals surface area contributed by atoms with Gasteiger partial charge in [-0.15, -0.1) is 22.7 Å². The first-order valence-corrected chi connectivity index (χ1v) is 8.95. The molecule has 2 aromatic heterocycles. The highest BCUT2D eigenvalue weighted by atomic mass is 35.5. The molecule has 3 rings (SSSR count). The summed E-state index contributed by atoms with van der Waals surface area (Å²) < 4.78 is 12.0. The number of methoxy groups -OCH3 is 1. The van der Waals surface area contributed by atoms with Gasteiger partial charge in [-0.25, -0.2) is 0 Å². The van der Waals surface area contributed by atoms with Gasteiger partial charge in [0, 0.05) is 36.4 Å². The van der Waals surface area contributed by atoms with Gasteiger partial charge in [0.1, 0.15) is 5.60 Å². The molecule has 114 valence electrons. The molecule has 0 saturated carbocycles. The molecule has 0 aliphatic carbocycles. The van der Waals surface area contributed by atoms with E-state index in [4.69, 9.17) is 21.1 Å². The summed E-state index contributed by atoms with van der Waals surface area (Å²) in [6, 6.07) is 8.44. The maximum atomic E-state index is 6.10. The zero-order valence-electron chi connectivity index (χ0n) is 11.8. The van der Waals surface area contributed by atoms with Crippen molar-refractivity contribution in [3.63, 3.8) is 0 Å². The molecule has 3 heterocycles. The highest BCUT2D eigenvalue weighted by Crippen LogP contribution is 2.34. The smallest absolute Gasteiger partial charge is 0.106 e. The van der Waals surface area contributed by atoms with Crippen LogP contribution in [-0.4, -0.2) is 32.5 Å². The van der Waals surface area contributed by atoms with Crippen molar-refractivity contribution in [3.05, 3.63) is 43.7 Å². The monoisotopic (exact) mass is 343 g/mol. The van der Waals surface area contributed by atoms with Crippen LogP contribution in [0.5, 0.6) is 0 Å². The number of ether oxygens (including phenoxy) is 2. The standard InChI is InChI=1S/C15H18ClNO2S2/c1-18-15(6-7-19-10-15)9-17-14(11-3-2-8-20-11)12-4-5-13(16)21-12/h2-5,8,14,17H,6-7,9-10H2,1H3. The first-order valence-electron chi connectivity index (χ1n) is 6.87. The van der Waals surface area contributed by atoms with Crippen LogP contribution < -0.4 is 5.32 Å². The summed E-state index contributed by atoms with van der Waals surface area (Å²) in [6.07, 6.45) is 0.929. The summed E-state index contributed by atoms with van der Waals surface area (Å²) in [7, 11) is 1.76. The number of rotatable bonds is 6. The lowest BCUT2D eigenvalue weighted by atomic mass is 10.0. The SMILES string of the molecule is COC1(CNC(c2cccs2)c2ccc(Cl)s2)CCOC1. The number of thiophene rings is 2. The summed E-state index contributed by atoms with van der Waals surface area (Å²) in [4.78, 5) is 2.52. The van der Waals surface area contributed by atoms with Crippen molar-refractivity contribution in [2.24, 2.45) is 0 Å². The van der Waals surface area contributed by atoms with Crippen molar-refractivity contribution >= 4 is 34.3 Å². The second-order valence-corrected chi connectivity index (χ2v) is 7.89. The van der Waals surface area contributed by atoms with Crippen molar-refractivity contribution in [2.45, 2.75) is 18.1 Å². The molecule has 1 aliphatic heterocycles. The number of nitrogens with one attached hydrogen (secondary N) is 1. The fourth-order valence-electron chi connectivity index (χ4n) is 2.53. The molecule has 0 aromatic carbocycles. The van der Waals surface area contributed by atoms with E-state index in [0.717, 1.165) is 23.9 Å². The second-order valence-electron chi connectivity index (χ2n) is 5.16. The van der Waals surface area contributed by atoms with Crippen molar-refractivity contribution in [1.29, 1.82) is 0 Å². The van der Waals surface area contributed by atoms with Crippen LogP contribution in [0.4, 0.5) is 0 Å². The van der Waals surface area contributed by atoms with Crippen LogP contribution in [0, 0.1) is 0 Å².